The first-order valence-electron chi connectivity index (χ1n) is 6.75. The predicted molar refractivity (Wildman–Crippen MR) is 80.3 cm³/mol. The lowest BCUT2D eigenvalue weighted by Gasteiger charge is -2.24. The van der Waals surface area contributed by atoms with Crippen LogP contribution in [0.1, 0.15) is 37.8 Å². The van der Waals surface area contributed by atoms with Gasteiger partial charge in [0.15, 0.2) is 0 Å². The SMILES string of the molecule is CCc1ccc(CN(C(=O)[C@@H](C)N)C2CC2)cc1.Cl. The summed E-state index contributed by atoms with van der Waals surface area (Å²) in [5.74, 6) is 0.0667. The number of hydrogen-bond acceptors (Lipinski definition) is 2. The van der Waals surface area contributed by atoms with Crippen LogP contribution in [0.4, 0.5) is 0 Å². The van der Waals surface area contributed by atoms with E-state index in [0.717, 1.165) is 19.3 Å². The molecular weight excluding hydrogens is 260 g/mol. The van der Waals surface area contributed by atoms with E-state index in [1.165, 1.54) is 11.1 Å². The predicted octanol–water partition coefficient (Wildman–Crippen LogP) is 2.51. The maximum atomic E-state index is 12.1. The third-order valence-electron chi connectivity index (χ3n) is 3.44. The van der Waals surface area contributed by atoms with Crippen molar-refractivity contribution < 1.29 is 4.79 Å². The third kappa shape index (κ3) is 4.22. The van der Waals surface area contributed by atoms with E-state index in [1.54, 1.807) is 6.92 Å². The van der Waals surface area contributed by atoms with Crippen molar-refractivity contribution in [1.82, 2.24) is 4.90 Å². The Balaban J connectivity index is 0.00000180. The molecule has 2 N–H and O–H groups in total. The van der Waals surface area contributed by atoms with Crippen LogP contribution in [-0.2, 0) is 17.8 Å². The van der Waals surface area contributed by atoms with Crippen molar-refractivity contribution in [2.24, 2.45) is 5.73 Å². The fourth-order valence-corrected chi connectivity index (χ4v) is 2.11. The number of hydrogen-bond donors (Lipinski definition) is 1. The van der Waals surface area contributed by atoms with E-state index in [2.05, 4.69) is 31.2 Å². The van der Waals surface area contributed by atoms with E-state index in [0.29, 0.717) is 12.6 Å². The van der Waals surface area contributed by atoms with Gasteiger partial charge in [0.05, 0.1) is 6.04 Å². The van der Waals surface area contributed by atoms with Gasteiger partial charge >= 0.3 is 0 Å². The summed E-state index contributed by atoms with van der Waals surface area (Å²) in [6.07, 6.45) is 3.28. The van der Waals surface area contributed by atoms with E-state index in [9.17, 15) is 4.79 Å². The number of carbonyl (C=O) groups excluding carboxylic acids is 1. The van der Waals surface area contributed by atoms with Gasteiger partial charge in [0.25, 0.3) is 0 Å². The Kier molecular flexibility index (Phi) is 5.83. The summed E-state index contributed by atoms with van der Waals surface area (Å²) in [5.41, 5.74) is 8.23. The van der Waals surface area contributed by atoms with Gasteiger partial charge in [0.2, 0.25) is 5.91 Å². The largest absolute Gasteiger partial charge is 0.334 e. The molecule has 0 spiro atoms. The minimum absolute atomic E-state index is 0. The fourth-order valence-electron chi connectivity index (χ4n) is 2.11. The van der Waals surface area contributed by atoms with Crippen molar-refractivity contribution in [1.29, 1.82) is 0 Å². The number of nitrogens with two attached hydrogens (primary N) is 1. The first-order valence-corrected chi connectivity index (χ1v) is 6.75. The number of benzene rings is 1. The van der Waals surface area contributed by atoms with Gasteiger partial charge < -0.3 is 10.6 Å². The molecule has 0 bridgehead atoms. The standard InChI is InChI=1S/C15H22N2O.ClH/c1-3-12-4-6-13(7-5-12)10-17(14-8-9-14)15(18)11(2)16;/h4-7,11,14H,3,8-10,16H2,1-2H3;1H/t11-;/m1./s1. The summed E-state index contributed by atoms with van der Waals surface area (Å²) in [6.45, 7) is 4.60. The quantitative estimate of drug-likeness (QED) is 0.902. The molecule has 2 rings (SSSR count). The number of rotatable bonds is 5. The summed E-state index contributed by atoms with van der Waals surface area (Å²) in [7, 11) is 0. The van der Waals surface area contributed by atoms with Crippen LogP contribution in [-0.4, -0.2) is 22.9 Å². The van der Waals surface area contributed by atoms with Crippen LogP contribution in [0.15, 0.2) is 24.3 Å². The number of halogens is 1. The van der Waals surface area contributed by atoms with Crippen molar-refractivity contribution in [3.05, 3.63) is 35.4 Å². The van der Waals surface area contributed by atoms with Crippen molar-refractivity contribution in [3.63, 3.8) is 0 Å². The van der Waals surface area contributed by atoms with Crippen molar-refractivity contribution in [2.45, 2.75) is 51.7 Å². The van der Waals surface area contributed by atoms with Gasteiger partial charge in [-0.2, -0.15) is 0 Å². The third-order valence-corrected chi connectivity index (χ3v) is 3.44. The summed E-state index contributed by atoms with van der Waals surface area (Å²) in [4.78, 5) is 14.0. The normalized spacial score (nSPS) is 15.5. The zero-order valence-electron chi connectivity index (χ0n) is 11.6. The van der Waals surface area contributed by atoms with E-state index >= 15 is 0 Å². The monoisotopic (exact) mass is 282 g/mol. The number of carbonyl (C=O) groups is 1. The van der Waals surface area contributed by atoms with Gasteiger partial charge in [-0.25, -0.2) is 0 Å². The second-order valence-electron chi connectivity index (χ2n) is 5.16. The molecule has 1 fully saturated rings. The van der Waals surface area contributed by atoms with Crippen LogP contribution in [0.3, 0.4) is 0 Å². The highest BCUT2D eigenvalue weighted by molar-refractivity contribution is 5.85. The van der Waals surface area contributed by atoms with Crippen LogP contribution in [0.5, 0.6) is 0 Å². The average Bonchev–Trinajstić information content (AvgIpc) is 3.20. The minimum atomic E-state index is -0.402. The van der Waals surface area contributed by atoms with E-state index in [4.69, 9.17) is 5.73 Å². The molecule has 3 nitrogen and oxygen atoms in total. The summed E-state index contributed by atoms with van der Waals surface area (Å²) < 4.78 is 0. The molecule has 0 aromatic heterocycles. The molecule has 1 atom stereocenters. The zero-order chi connectivity index (χ0) is 13.1. The van der Waals surface area contributed by atoms with Crippen LogP contribution < -0.4 is 5.73 Å². The van der Waals surface area contributed by atoms with Gasteiger partial charge in [0, 0.05) is 12.6 Å². The first kappa shape index (κ1) is 16.0. The van der Waals surface area contributed by atoms with Crippen molar-refractivity contribution >= 4 is 18.3 Å². The van der Waals surface area contributed by atoms with Gasteiger partial charge in [0.1, 0.15) is 0 Å². The Hall–Kier alpha value is -1.06. The van der Waals surface area contributed by atoms with Crippen LogP contribution >= 0.6 is 12.4 Å². The van der Waals surface area contributed by atoms with Gasteiger partial charge in [-0.15, -0.1) is 12.4 Å². The highest BCUT2D eigenvalue weighted by Gasteiger charge is 2.33. The Morgan fingerprint density at radius 2 is 1.84 bits per heavy atom. The maximum absolute atomic E-state index is 12.1. The molecule has 0 saturated heterocycles. The second kappa shape index (κ2) is 6.92. The van der Waals surface area contributed by atoms with Crippen LogP contribution in [0.2, 0.25) is 0 Å². The Labute approximate surface area is 121 Å². The molecule has 1 aromatic rings. The summed E-state index contributed by atoms with van der Waals surface area (Å²) in [6, 6.07) is 8.51. The lowest BCUT2D eigenvalue weighted by atomic mass is 10.1. The van der Waals surface area contributed by atoms with Crippen LogP contribution in [0, 0.1) is 0 Å². The van der Waals surface area contributed by atoms with Crippen LogP contribution in [0.25, 0.3) is 0 Å². The lowest BCUT2D eigenvalue weighted by molar-refractivity contribution is -0.133. The summed E-state index contributed by atoms with van der Waals surface area (Å²) in [5, 5.41) is 0. The Morgan fingerprint density at radius 1 is 1.32 bits per heavy atom. The van der Waals surface area contributed by atoms with E-state index in [1.807, 2.05) is 4.90 Å². The molecule has 19 heavy (non-hydrogen) atoms. The second-order valence-corrected chi connectivity index (χ2v) is 5.16. The molecule has 0 aliphatic heterocycles. The highest BCUT2D eigenvalue weighted by Crippen LogP contribution is 2.28. The molecule has 1 saturated carbocycles. The van der Waals surface area contributed by atoms with Gasteiger partial charge in [-0.05, 0) is 37.3 Å². The lowest BCUT2D eigenvalue weighted by Crippen LogP contribution is -2.42. The fraction of sp³-hybridized carbons (Fsp3) is 0.533. The Morgan fingerprint density at radius 3 is 2.26 bits per heavy atom. The highest BCUT2D eigenvalue weighted by atomic mass is 35.5. The summed E-state index contributed by atoms with van der Waals surface area (Å²) >= 11 is 0. The molecule has 1 aliphatic rings. The maximum Gasteiger partial charge on any atom is 0.239 e. The number of aryl methyl sites for hydroxylation is 1. The molecular formula is C15H23ClN2O. The average molecular weight is 283 g/mol. The number of nitrogens with zero attached hydrogens (tertiary/aromatic N) is 1. The Bertz CT molecular complexity index is 413. The van der Waals surface area contributed by atoms with E-state index in [-0.39, 0.29) is 18.3 Å². The van der Waals surface area contributed by atoms with Gasteiger partial charge in [-0.1, -0.05) is 31.2 Å². The molecule has 0 radical (unpaired) electrons. The smallest absolute Gasteiger partial charge is 0.239 e. The van der Waals surface area contributed by atoms with Crippen molar-refractivity contribution in [3.8, 4) is 0 Å². The van der Waals surface area contributed by atoms with Gasteiger partial charge in [-0.3, -0.25) is 4.79 Å². The topological polar surface area (TPSA) is 46.3 Å². The zero-order valence-corrected chi connectivity index (χ0v) is 12.5. The van der Waals surface area contributed by atoms with Crippen molar-refractivity contribution in [2.75, 3.05) is 0 Å². The van der Waals surface area contributed by atoms with E-state index < -0.39 is 6.04 Å². The first-order chi connectivity index (χ1) is 8.61. The molecule has 0 unspecified atom stereocenters. The molecule has 1 aromatic carbocycles. The molecule has 0 heterocycles. The minimum Gasteiger partial charge on any atom is -0.334 e. The molecule has 106 valence electrons. The molecule has 4 heteroatoms. The molecule has 1 aliphatic carbocycles. The number of amides is 1. The molecule has 1 amide bonds.